The highest BCUT2D eigenvalue weighted by molar-refractivity contribution is 5.75. The molecule has 0 aliphatic heterocycles. The summed E-state index contributed by atoms with van der Waals surface area (Å²) in [5, 5.41) is 15.0. The molecule has 0 spiro atoms. The molecule has 3 aromatic rings. The minimum Gasteiger partial charge on any atom is -0.492 e. The summed E-state index contributed by atoms with van der Waals surface area (Å²) < 4.78 is 5.60. The molecule has 0 aliphatic carbocycles. The quantitative estimate of drug-likeness (QED) is 0.620. The molecule has 3 rings (SSSR count). The fraction of sp³-hybridized carbons (Fsp3) is 0.300. The first kappa shape index (κ1) is 18.6. The summed E-state index contributed by atoms with van der Waals surface area (Å²) in [6, 6.07) is 15.8. The van der Waals surface area contributed by atoms with Crippen molar-refractivity contribution in [2.75, 3.05) is 13.2 Å². The van der Waals surface area contributed by atoms with Crippen LogP contribution in [0.1, 0.15) is 18.1 Å². The molecule has 0 radical (unpaired) electrons. The van der Waals surface area contributed by atoms with Crippen LogP contribution in [-0.2, 0) is 17.8 Å². The first-order valence-corrected chi connectivity index (χ1v) is 8.97. The third-order valence-corrected chi connectivity index (χ3v) is 4.04. The van der Waals surface area contributed by atoms with Crippen LogP contribution >= 0.6 is 0 Å². The number of ether oxygens (including phenoxy) is 1. The molecule has 1 heterocycles. The monoisotopic (exact) mass is 365 g/mol. The van der Waals surface area contributed by atoms with Gasteiger partial charge in [0, 0.05) is 5.56 Å². The SMILES string of the molecule is CCc1ccc(-c2nnn(CC(=O)NCCOc3cccc(C)c3)n2)cc1. The second-order valence-corrected chi connectivity index (χ2v) is 6.21. The number of hydrogen-bond donors (Lipinski definition) is 1. The number of carbonyl (C=O) groups is 1. The van der Waals surface area contributed by atoms with Gasteiger partial charge < -0.3 is 10.1 Å². The number of nitrogens with zero attached hydrogens (tertiary/aromatic N) is 4. The number of aromatic nitrogens is 4. The van der Waals surface area contributed by atoms with Crippen LogP contribution in [0.15, 0.2) is 48.5 Å². The van der Waals surface area contributed by atoms with Gasteiger partial charge in [0.05, 0.1) is 6.54 Å². The van der Waals surface area contributed by atoms with E-state index >= 15 is 0 Å². The first-order valence-electron chi connectivity index (χ1n) is 8.97. The van der Waals surface area contributed by atoms with Crippen LogP contribution in [0.4, 0.5) is 0 Å². The van der Waals surface area contributed by atoms with Crippen molar-refractivity contribution in [1.29, 1.82) is 0 Å². The van der Waals surface area contributed by atoms with Gasteiger partial charge in [-0.05, 0) is 41.8 Å². The summed E-state index contributed by atoms with van der Waals surface area (Å²) in [5.74, 6) is 1.11. The molecule has 7 nitrogen and oxygen atoms in total. The molecule has 27 heavy (non-hydrogen) atoms. The van der Waals surface area contributed by atoms with Crippen molar-refractivity contribution in [1.82, 2.24) is 25.5 Å². The van der Waals surface area contributed by atoms with Crippen molar-refractivity contribution in [3.05, 3.63) is 59.7 Å². The molecule has 1 aromatic heterocycles. The number of nitrogens with one attached hydrogen (secondary N) is 1. The lowest BCUT2D eigenvalue weighted by atomic mass is 10.1. The van der Waals surface area contributed by atoms with E-state index in [9.17, 15) is 4.79 Å². The van der Waals surface area contributed by atoms with Crippen LogP contribution in [0.25, 0.3) is 11.4 Å². The smallest absolute Gasteiger partial charge is 0.243 e. The lowest BCUT2D eigenvalue weighted by molar-refractivity contribution is -0.122. The summed E-state index contributed by atoms with van der Waals surface area (Å²) in [6.45, 7) is 4.94. The maximum Gasteiger partial charge on any atom is 0.243 e. The van der Waals surface area contributed by atoms with Gasteiger partial charge in [-0.3, -0.25) is 4.79 Å². The van der Waals surface area contributed by atoms with Crippen LogP contribution in [0.3, 0.4) is 0 Å². The highest BCUT2D eigenvalue weighted by atomic mass is 16.5. The molecular formula is C20H23N5O2. The summed E-state index contributed by atoms with van der Waals surface area (Å²) in [5.41, 5.74) is 3.26. The molecule has 0 saturated carbocycles. The van der Waals surface area contributed by atoms with Gasteiger partial charge in [-0.15, -0.1) is 10.2 Å². The normalized spacial score (nSPS) is 10.6. The van der Waals surface area contributed by atoms with Crippen LogP contribution in [0.5, 0.6) is 5.75 Å². The van der Waals surface area contributed by atoms with E-state index in [1.54, 1.807) is 0 Å². The summed E-state index contributed by atoms with van der Waals surface area (Å²) >= 11 is 0. The topological polar surface area (TPSA) is 81.9 Å². The predicted octanol–water partition coefficient (Wildman–Crippen LogP) is 2.41. The van der Waals surface area contributed by atoms with Gasteiger partial charge in [0.15, 0.2) is 0 Å². The molecule has 7 heteroatoms. The van der Waals surface area contributed by atoms with Crippen molar-refractivity contribution in [3.63, 3.8) is 0 Å². The minimum atomic E-state index is -0.187. The number of amides is 1. The number of benzene rings is 2. The van der Waals surface area contributed by atoms with Gasteiger partial charge in [-0.25, -0.2) is 0 Å². The van der Waals surface area contributed by atoms with Gasteiger partial charge in [-0.1, -0.05) is 43.3 Å². The van der Waals surface area contributed by atoms with Crippen molar-refractivity contribution >= 4 is 5.91 Å². The number of rotatable bonds is 8. The molecule has 0 unspecified atom stereocenters. The number of hydrogen-bond acceptors (Lipinski definition) is 5. The lowest BCUT2D eigenvalue weighted by Gasteiger charge is -2.08. The van der Waals surface area contributed by atoms with Gasteiger partial charge in [-0.2, -0.15) is 4.80 Å². The zero-order chi connectivity index (χ0) is 19.1. The second kappa shape index (κ2) is 8.93. The fourth-order valence-corrected chi connectivity index (χ4v) is 2.56. The van der Waals surface area contributed by atoms with Crippen molar-refractivity contribution in [2.45, 2.75) is 26.8 Å². The number of carbonyl (C=O) groups excluding carboxylic acids is 1. The molecule has 140 valence electrons. The molecule has 1 amide bonds. The van der Waals surface area contributed by atoms with Crippen LogP contribution < -0.4 is 10.1 Å². The third kappa shape index (κ3) is 5.37. The Bertz CT molecular complexity index is 889. The Morgan fingerprint density at radius 1 is 1.19 bits per heavy atom. The van der Waals surface area contributed by atoms with E-state index in [-0.39, 0.29) is 12.5 Å². The largest absolute Gasteiger partial charge is 0.492 e. The second-order valence-electron chi connectivity index (χ2n) is 6.21. The highest BCUT2D eigenvalue weighted by Crippen LogP contribution is 2.14. The number of aryl methyl sites for hydroxylation is 2. The number of tetrazole rings is 1. The summed E-state index contributed by atoms with van der Waals surface area (Å²) in [7, 11) is 0. The zero-order valence-corrected chi connectivity index (χ0v) is 15.6. The summed E-state index contributed by atoms with van der Waals surface area (Å²) in [6.07, 6.45) is 0.980. The first-order chi connectivity index (χ1) is 13.1. The van der Waals surface area contributed by atoms with E-state index in [0.717, 1.165) is 23.3 Å². The molecule has 0 bridgehead atoms. The third-order valence-electron chi connectivity index (χ3n) is 4.04. The Balaban J connectivity index is 1.44. The van der Waals surface area contributed by atoms with Crippen molar-refractivity contribution in [2.24, 2.45) is 0 Å². The maximum atomic E-state index is 12.0. The van der Waals surface area contributed by atoms with Crippen LogP contribution in [0, 0.1) is 6.92 Å². The van der Waals surface area contributed by atoms with Crippen LogP contribution in [0.2, 0.25) is 0 Å². The van der Waals surface area contributed by atoms with E-state index < -0.39 is 0 Å². The Labute approximate surface area is 158 Å². The predicted molar refractivity (Wildman–Crippen MR) is 102 cm³/mol. The Hall–Kier alpha value is -3.22. The van der Waals surface area contributed by atoms with Gasteiger partial charge in [0.2, 0.25) is 11.7 Å². The molecular weight excluding hydrogens is 342 g/mol. The molecule has 0 aliphatic rings. The Kier molecular flexibility index (Phi) is 6.14. The van der Waals surface area contributed by atoms with E-state index in [2.05, 4.69) is 27.7 Å². The molecule has 0 fully saturated rings. The van der Waals surface area contributed by atoms with E-state index in [1.807, 2.05) is 55.5 Å². The van der Waals surface area contributed by atoms with Crippen LogP contribution in [-0.4, -0.2) is 39.3 Å². The van der Waals surface area contributed by atoms with E-state index in [4.69, 9.17) is 4.74 Å². The molecule has 0 saturated heterocycles. The average molecular weight is 365 g/mol. The molecule has 0 atom stereocenters. The standard InChI is InChI=1S/C20H23N5O2/c1-3-16-7-9-17(10-8-16)20-22-24-25(23-20)14-19(26)21-11-12-27-18-6-4-5-15(2)13-18/h4-10,13H,3,11-12,14H2,1-2H3,(H,21,26). The van der Waals surface area contributed by atoms with Gasteiger partial charge >= 0.3 is 0 Å². The highest BCUT2D eigenvalue weighted by Gasteiger charge is 2.09. The fourth-order valence-electron chi connectivity index (χ4n) is 2.56. The molecule has 1 N–H and O–H groups in total. The van der Waals surface area contributed by atoms with Gasteiger partial charge in [0.1, 0.15) is 18.9 Å². The summed E-state index contributed by atoms with van der Waals surface area (Å²) in [4.78, 5) is 13.3. The van der Waals surface area contributed by atoms with Crippen molar-refractivity contribution in [3.8, 4) is 17.1 Å². The minimum absolute atomic E-state index is 0.0183. The molecule has 2 aromatic carbocycles. The van der Waals surface area contributed by atoms with Gasteiger partial charge in [0.25, 0.3) is 0 Å². The maximum absolute atomic E-state index is 12.0. The lowest BCUT2D eigenvalue weighted by Crippen LogP contribution is -2.31. The van der Waals surface area contributed by atoms with Crippen molar-refractivity contribution < 1.29 is 9.53 Å². The Morgan fingerprint density at radius 3 is 2.74 bits per heavy atom. The Morgan fingerprint density at radius 2 is 2.00 bits per heavy atom. The zero-order valence-electron chi connectivity index (χ0n) is 15.6. The average Bonchev–Trinajstić information content (AvgIpc) is 3.14. The van der Waals surface area contributed by atoms with E-state index in [0.29, 0.717) is 19.0 Å². The van der Waals surface area contributed by atoms with E-state index in [1.165, 1.54) is 10.4 Å².